The Morgan fingerprint density at radius 2 is 2.10 bits per heavy atom. The van der Waals surface area contributed by atoms with Crippen LogP contribution in [0.25, 0.3) is 0 Å². The van der Waals surface area contributed by atoms with Crippen LogP contribution in [0.2, 0.25) is 0 Å². The van der Waals surface area contributed by atoms with Gasteiger partial charge in [0.1, 0.15) is 17.6 Å². The molecule has 5 heteroatoms. The molecule has 1 aromatic rings. The van der Waals surface area contributed by atoms with E-state index >= 15 is 0 Å². The molecule has 1 saturated heterocycles. The first-order valence-corrected chi connectivity index (χ1v) is 7.19. The van der Waals surface area contributed by atoms with Gasteiger partial charge in [-0.15, -0.1) is 0 Å². The van der Waals surface area contributed by atoms with Crippen molar-refractivity contribution in [3.8, 4) is 11.8 Å². The third-order valence-electron chi connectivity index (χ3n) is 3.13. The van der Waals surface area contributed by atoms with Crippen LogP contribution in [0.3, 0.4) is 0 Å². The lowest BCUT2D eigenvalue weighted by molar-refractivity contribution is 0.0199. The zero-order chi connectivity index (χ0) is 15.3. The normalized spacial score (nSPS) is 16.0. The maximum absolute atomic E-state index is 12.0. The van der Waals surface area contributed by atoms with Crippen molar-refractivity contribution in [3.63, 3.8) is 0 Å². The highest BCUT2D eigenvalue weighted by molar-refractivity contribution is 5.68. The van der Waals surface area contributed by atoms with Crippen molar-refractivity contribution in [3.05, 3.63) is 24.3 Å². The number of carbonyl (C=O) groups excluding carboxylic acids is 1. The van der Waals surface area contributed by atoms with Gasteiger partial charge in [-0.05, 0) is 45.6 Å². The number of hydrogen-bond donors (Lipinski definition) is 0. The molecular formula is C16H21N3O2. The fourth-order valence-electron chi connectivity index (χ4n) is 2.07. The molecule has 1 aliphatic rings. The number of likely N-dealkylation sites (tertiary alicyclic amines) is 1. The Morgan fingerprint density at radius 1 is 1.38 bits per heavy atom. The van der Waals surface area contributed by atoms with E-state index in [1.807, 2.05) is 20.8 Å². The average molecular weight is 287 g/mol. The maximum atomic E-state index is 12.0. The summed E-state index contributed by atoms with van der Waals surface area (Å²) in [5, 5.41) is 0. The molecule has 0 saturated carbocycles. The molecule has 2 heterocycles. The number of ether oxygens (including phenoxy) is 1. The number of aromatic nitrogens is 2. The first-order chi connectivity index (χ1) is 9.94. The quantitative estimate of drug-likeness (QED) is 0.688. The molecule has 21 heavy (non-hydrogen) atoms. The van der Waals surface area contributed by atoms with Crippen molar-refractivity contribution in [2.24, 2.45) is 5.92 Å². The molecule has 1 aromatic heterocycles. The van der Waals surface area contributed by atoms with Gasteiger partial charge in [-0.2, -0.15) is 0 Å². The molecule has 1 aliphatic heterocycles. The monoisotopic (exact) mass is 287 g/mol. The fourth-order valence-corrected chi connectivity index (χ4v) is 2.07. The molecular weight excluding hydrogens is 266 g/mol. The zero-order valence-corrected chi connectivity index (χ0v) is 12.8. The minimum Gasteiger partial charge on any atom is -0.444 e. The molecule has 1 amide bonds. The van der Waals surface area contributed by atoms with Crippen LogP contribution >= 0.6 is 0 Å². The van der Waals surface area contributed by atoms with Gasteiger partial charge in [-0.1, -0.05) is 5.92 Å². The van der Waals surface area contributed by atoms with Crippen molar-refractivity contribution in [2.45, 2.75) is 39.2 Å². The Labute approximate surface area is 125 Å². The molecule has 112 valence electrons. The van der Waals surface area contributed by atoms with Crippen LogP contribution in [0.15, 0.2) is 18.6 Å². The summed E-state index contributed by atoms with van der Waals surface area (Å²) in [5.74, 6) is 6.59. The van der Waals surface area contributed by atoms with Crippen molar-refractivity contribution >= 4 is 6.09 Å². The maximum Gasteiger partial charge on any atom is 0.410 e. The van der Waals surface area contributed by atoms with Gasteiger partial charge in [0.15, 0.2) is 0 Å². The van der Waals surface area contributed by atoms with Crippen LogP contribution in [-0.4, -0.2) is 39.7 Å². The molecule has 0 aromatic carbocycles. The Bertz CT molecular complexity index is 532. The number of piperidine rings is 1. The van der Waals surface area contributed by atoms with Crippen LogP contribution in [0.1, 0.15) is 39.3 Å². The van der Waals surface area contributed by atoms with Crippen LogP contribution in [0.5, 0.6) is 0 Å². The minimum absolute atomic E-state index is 0.232. The Balaban J connectivity index is 1.84. The van der Waals surface area contributed by atoms with Gasteiger partial charge in [0.25, 0.3) is 0 Å². The van der Waals surface area contributed by atoms with Crippen LogP contribution in [0, 0.1) is 17.8 Å². The van der Waals surface area contributed by atoms with E-state index in [1.54, 1.807) is 17.2 Å². The highest BCUT2D eigenvalue weighted by Gasteiger charge is 2.26. The van der Waals surface area contributed by atoms with E-state index in [-0.39, 0.29) is 6.09 Å². The van der Waals surface area contributed by atoms with E-state index in [2.05, 4.69) is 21.8 Å². The van der Waals surface area contributed by atoms with E-state index < -0.39 is 5.60 Å². The van der Waals surface area contributed by atoms with E-state index in [9.17, 15) is 4.79 Å². The SMILES string of the molecule is CC(C)(C)OC(=O)N1CCC(C#Cc2ccncn2)CC1. The number of hydrogen-bond acceptors (Lipinski definition) is 4. The molecule has 0 spiro atoms. The van der Waals surface area contributed by atoms with Crippen LogP contribution < -0.4 is 0 Å². The second-order valence-electron chi connectivity index (χ2n) is 6.11. The zero-order valence-electron chi connectivity index (χ0n) is 12.8. The summed E-state index contributed by atoms with van der Waals surface area (Å²) < 4.78 is 5.38. The molecule has 0 unspecified atom stereocenters. The fraction of sp³-hybridized carbons (Fsp3) is 0.562. The Kier molecular flexibility index (Phi) is 4.79. The summed E-state index contributed by atoms with van der Waals surface area (Å²) in [4.78, 5) is 21.6. The van der Waals surface area contributed by atoms with Crippen molar-refractivity contribution in [1.82, 2.24) is 14.9 Å². The summed E-state index contributed by atoms with van der Waals surface area (Å²) in [5.41, 5.74) is 0.292. The first-order valence-electron chi connectivity index (χ1n) is 7.19. The van der Waals surface area contributed by atoms with Crippen molar-refractivity contribution in [2.75, 3.05) is 13.1 Å². The van der Waals surface area contributed by atoms with Crippen LogP contribution in [0.4, 0.5) is 4.79 Å². The predicted molar refractivity (Wildman–Crippen MR) is 79.4 cm³/mol. The van der Waals surface area contributed by atoms with Gasteiger partial charge >= 0.3 is 6.09 Å². The summed E-state index contributed by atoms with van der Waals surface area (Å²) in [6, 6.07) is 1.79. The van der Waals surface area contributed by atoms with Gasteiger partial charge < -0.3 is 9.64 Å². The highest BCUT2D eigenvalue weighted by atomic mass is 16.6. The first kappa shape index (κ1) is 15.3. The van der Waals surface area contributed by atoms with Gasteiger partial charge in [0.2, 0.25) is 0 Å². The van der Waals surface area contributed by atoms with Crippen LogP contribution in [-0.2, 0) is 4.74 Å². The van der Waals surface area contributed by atoms with Crippen molar-refractivity contribution < 1.29 is 9.53 Å². The third-order valence-corrected chi connectivity index (χ3v) is 3.13. The molecule has 1 fully saturated rings. The summed E-state index contributed by atoms with van der Waals surface area (Å²) in [7, 11) is 0. The van der Waals surface area contributed by atoms with Gasteiger partial charge in [-0.3, -0.25) is 0 Å². The number of amides is 1. The largest absolute Gasteiger partial charge is 0.444 e. The average Bonchev–Trinajstić information content (AvgIpc) is 2.45. The van der Waals surface area contributed by atoms with Crippen molar-refractivity contribution in [1.29, 1.82) is 0 Å². The Hall–Kier alpha value is -2.09. The molecule has 0 radical (unpaired) electrons. The molecule has 5 nitrogen and oxygen atoms in total. The standard InChI is InChI=1S/C16H21N3O2/c1-16(2,3)21-15(20)19-10-7-13(8-11-19)4-5-14-6-9-17-12-18-14/h6,9,12-13H,7-8,10-11H2,1-3H3. The summed E-state index contributed by atoms with van der Waals surface area (Å²) in [6.07, 6.45) is 4.69. The summed E-state index contributed by atoms with van der Waals surface area (Å²) >= 11 is 0. The molecule has 0 bridgehead atoms. The van der Waals surface area contributed by atoms with E-state index in [4.69, 9.17) is 4.74 Å². The lowest BCUT2D eigenvalue weighted by Crippen LogP contribution is -2.41. The highest BCUT2D eigenvalue weighted by Crippen LogP contribution is 2.19. The lowest BCUT2D eigenvalue weighted by atomic mass is 9.97. The second-order valence-corrected chi connectivity index (χ2v) is 6.11. The smallest absolute Gasteiger partial charge is 0.410 e. The topological polar surface area (TPSA) is 55.3 Å². The molecule has 2 rings (SSSR count). The molecule has 0 atom stereocenters. The second kappa shape index (κ2) is 6.57. The number of carbonyl (C=O) groups is 1. The third kappa shape index (κ3) is 5.07. The van der Waals surface area contributed by atoms with Gasteiger partial charge in [0, 0.05) is 25.2 Å². The van der Waals surface area contributed by atoms with E-state index in [1.165, 1.54) is 6.33 Å². The molecule has 0 N–H and O–H groups in total. The predicted octanol–water partition coefficient (Wildman–Crippen LogP) is 2.48. The van der Waals surface area contributed by atoms with Gasteiger partial charge in [-0.25, -0.2) is 14.8 Å². The minimum atomic E-state index is -0.444. The van der Waals surface area contributed by atoms with Gasteiger partial charge in [0.05, 0.1) is 0 Å². The van der Waals surface area contributed by atoms with E-state index in [0.717, 1.165) is 18.5 Å². The van der Waals surface area contributed by atoms with E-state index in [0.29, 0.717) is 19.0 Å². The number of rotatable bonds is 0. The summed E-state index contributed by atoms with van der Waals surface area (Å²) in [6.45, 7) is 7.02. The molecule has 0 aliphatic carbocycles. The Morgan fingerprint density at radius 3 is 2.67 bits per heavy atom. The lowest BCUT2D eigenvalue weighted by Gasteiger charge is -2.31. The number of nitrogens with zero attached hydrogens (tertiary/aromatic N) is 3.